The number of halogens is 2. The highest BCUT2D eigenvalue weighted by Gasteiger charge is 2.15. The third-order valence-corrected chi connectivity index (χ3v) is 5.32. The molecule has 0 aliphatic rings. The number of rotatable bonds is 3. The SMILES string of the molecule is Cc1cccc(Cn2c(=O)n(-c3cccc(Cl)c3)c(=O)c3cc(Br)ccc32)c1. The highest BCUT2D eigenvalue weighted by molar-refractivity contribution is 9.10. The van der Waals surface area contributed by atoms with Crippen molar-refractivity contribution in [3.05, 3.63) is 108 Å². The topological polar surface area (TPSA) is 44.0 Å². The Bertz CT molecular complexity index is 1320. The van der Waals surface area contributed by atoms with Gasteiger partial charge in [0.25, 0.3) is 5.56 Å². The maximum atomic E-state index is 13.4. The van der Waals surface area contributed by atoms with Crippen molar-refractivity contribution in [3.8, 4) is 5.69 Å². The molecule has 0 saturated carbocycles. The van der Waals surface area contributed by atoms with Gasteiger partial charge in [0.2, 0.25) is 0 Å². The van der Waals surface area contributed by atoms with Gasteiger partial charge in [-0.25, -0.2) is 9.36 Å². The fourth-order valence-electron chi connectivity index (χ4n) is 3.33. The molecule has 0 aliphatic carbocycles. The first-order valence-corrected chi connectivity index (χ1v) is 9.88. The van der Waals surface area contributed by atoms with Crippen LogP contribution >= 0.6 is 27.5 Å². The summed E-state index contributed by atoms with van der Waals surface area (Å²) in [6.07, 6.45) is 0. The van der Waals surface area contributed by atoms with E-state index in [1.54, 1.807) is 41.0 Å². The summed E-state index contributed by atoms with van der Waals surface area (Å²) in [6, 6.07) is 20.1. The van der Waals surface area contributed by atoms with Crippen LogP contribution in [0.2, 0.25) is 5.02 Å². The number of nitrogens with zero attached hydrogens (tertiary/aromatic N) is 2. The minimum atomic E-state index is -0.399. The van der Waals surface area contributed by atoms with Gasteiger partial charge in [-0.05, 0) is 48.9 Å². The number of aryl methyl sites for hydroxylation is 1. The van der Waals surface area contributed by atoms with Crippen LogP contribution in [0.4, 0.5) is 0 Å². The lowest BCUT2D eigenvalue weighted by Gasteiger charge is -2.15. The van der Waals surface area contributed by atoms with Crippen molar-refractivity contribution >= 4 is 38.4 Å². The zero-order chi connectivity index (χ0) is 19.8. The van der Waals surface area contributed by atoms with E-state index in [0.29, 0.717) is 28.2 Å². The Labute approximate surface area is 174 Å². The van der Waals surface area contributed by atoms with Crippen LogP contribution in [0.25, 0.3) is 16.6 Å². The molecule has 0 amide bonds. The van der Waals surface area contributed by atoms with Gasteiger partial charge < -0.3 is 0 Å². The number of aromatic nitrogens is 2. The quantitative estimate of drug-likeness (QED) is 0.440. The maximum absolute atomic E-state index is 13.4. The Balaban J connectivity index is 2.06. The first kappa shape index (κ1) is 18.7. The van der Waals surface area contributed by atoms with E-state index in [9.17, 15) is 9.59 Å². The van der Waals surface area contributed by atoms with Crippen molar-refractivity contribution in [2.45, 2.75) is 13.5 Å². The van der Waals surface area contributed by atoms with Crippen LogP contribution in [0, 0.1) is 6.92 Å². The van der Waals surface area contributed by atoms with Gasteiger partial charge in [0, 0.05) is 9.50 Å². The minimum absolute atomic E-state index is 0.361. The van der Waals surface area contributed by atoms with E-state index in [0.717, 1.165) is 15.6 Å². The van der Waals surface area contributed by atoms with Gasteiger partial charge in [0.15, 0.2) is 0 Å². The lowest BCUT2D eigenvalue weighted by molar-refractivity contribution is 0.714. The van der Waals surface area contributed by atoms with Gasteiger partial charge >= 0.3 is 5.69 Å². The zero-order valence-corrected chi connectivity index (χ0v) is 17.4. The van der Waals surface area contributed by atoms with Crippen LogP contribution in [0.3, 0.4) is 0 Å². The summed E-state index contributed by atoms with van der Waals surface area (Å²) < 4.78 is 3.57. The molecule has 0 aliphatic heterocycles. The van der Waals surface area contributed by atoms with E-state index in [1.165, 1.54) is 4.57 Å². The molecule has 28 heavy (non-hydrogen) atoms. The summed E-state index contributed by atoms with van der Waals surface area (Å²) in [4.78, 5) is 26.5. The Hall–Kier alpha value is -2.63. The number of hydrogen-bond donors (Lipinski definition) is 0. The molecule has 0 atom stereocenters. The lowest BCUT2D eigenvalue weighted by atomic mass is 10.1. The zero-order valence-electron chi connectivity index (χ0n) is 15.0. The Kier molecular flexibility index (Phi) is 4.96. The average molecular weight is 456 g/mol. The molecular formula is C22H16BrClN2O2. The van der Waals surface area contributed by atoms with Crippen LogP contribution in [-0.4, -0.2) is 9.13 Å². The largest absolute Gasteiger partial charge is 0.336 e. The van der Waals surface area contributed by atoms with Crippen LogP contribution in [-0.2, 0) is 6.54 Å². The summed E-state index contributed by atoms with van der Waals surface area (Å²) in [6.45, 7) is 2.37. The molecule has 1 aromatic heterocycles. The summed E-state index contributed by atoms with van der Waals surface area (Å²) in [7, 11) is 0. The first-order chi connectivity index (χ1) is 13.4. The van der Waals surface area contributed by atoms with Gasteiger partial charge in [-0.1, -0.05) is 63.4 Å². The van der Waals surface area contributed by atoms with Crippen molar-refractivity contribution in [2.24, 2.45) is 0 Å². The van der Waals surface area contributed by atoms with Crippen molar-refractivity contribution in [1.82, 2.24) is 9.13 Å². The second-order valence-corrected chi connectivity index (χ2v) is 7.99. The van der Waals surface area contributed by atoms with E-state index in [4.69, 9.17) is 11.6 Å². The number of hydrogen-bond acceptors (Lipinski definition) is 2. The Morgan fingerprint density at radius 1 is 0.964 bits per heavy atom. The van der Waals surface area contributed by atoms with E-state index in [2.05, 4.69) is 15.9 Å². The van der Waals surface area contributed by atoms with Crippen molar-refractivity contribution in [2.75, 3.05) is 0 Å². The lowest BCUT2D eigenvalue weighted by Crippen LogP contribution is -2.39. The molecule has 6 heteroatoms. The average Bonchev–Trinajstić information content (AvgIpc) is 2.66. The number of fused-ring (bicyclic) bond motifs is 1. The van der Waals surface area contributed by atoms with E-state index < -0.39 is 5.69 Å². The third kappa shape index (κ3) is 3.43. The van der Waals surface area contributed by atoms with E-state index in [-0.39, 0.29) is 5.56 Å². The van der Waals surface area contributed by atoms with E-state index >= 15 is 0 Å². The smallest absolute Gasteiger partial charge is 0.288 e. The molecule has 0 unspecified atom stereocenters. The molecule has 3 aromatic carbocycles. The second kappa shape index (κ2) is 7.41. The van der Waals surface area contributed by atoms with Crippen molar-refractivity contribution in [1.29, 1.82) is 0 Å². The Morgan fingerprint density at radius 2 is 1.75 bits per heavy atom. The summed E-state index contributed by atoms with van der Waals surface area (Å²) in [5, 5.41) is 0.921. The van der Waals surface area contributed by atoms with Crippen LogP contribution < -0.4 is 11.2 Å². The van der Waals surface area contributed by atoms with Gasteiger partial charge in [0.05, 0.1) is 23.1 Å². The number of benzene rings is 3. The maximum Gasteiger partial charge on any atom is 0.336 e. The molecule has 4 rings (SSSR count). The molecule has 4 nitrogen and oxygen atoms in total. The molecule has 0 N–H and O–H groups in total. The molecule has 0 bridgehead atoms. The van der Waals surface area contributed by atoms with Gasteiger partial charge in [-0.15, -0.1) is 0 Å². The first-order valence-electron chi connectivity index (χ1n) is 8.70. The summed E-state index contributed by atoms with van der Waals surface area (Å²) >= 11 is 9.52. The molecule has 140 valence electrons. The van der Waals surface area contributed by atoms with Crippen molar-refractivity contribution in [3.63, 3.8) is 0 Å². The predicted molar refractivity (Wildman–Crippen MR) is 117 cm³/mol. The predicted octanol–water partition coefficient (Wildman–Crippen LogP) is 4.93. The van der Waals surface area contributed by atoms with Crippen LogP contribution in [0.5, 0.6) is 0 Å². The normalized spacial score (nSPS) is 11.1. The van der Waals surface area contributed by atoms with Gasteiger partial charge in [0.1, 0.15) is 0 Å². The second-order valence-electron chi connectivity index (χ2n) is 6.64. The summed E-state index contributed by atoms with van der Waals surface area (Å²) in [5.74, 6) is 0. The highest BCUT2D eigenvalue weighted by atomic mass is 79.9. The fraction of sp³-hybridized carbons (Fsp3) is 0.0909. The molecule has 0 radical (unpaired) electrons. The minimum Gasteiger partial charge on any atom is -0.288 e. The molecule has 1 heterocycles. The molecule has 0 fully saturated rings. The Morgan fingerprint density at radius 3 is 2.50 bits per heavy atom. The molecule has 0 saturated heterocycles. The third-order valence-electron chi connectivity index (χ3n) is 4.59. The van der Waals surface area contributed by atoms with E-state index in [1.807, 2.05) is 37.3 Å². The summed E-state index contributed by atoms with van der Waals surface area (Å²) in [5.41, 5.74) is 2.37. The molecular weight excluding hydrogens is 440 g/mol. The highest BCUT2D eigenvalue weighted by Crippen LogP contribution is 2.19. The van der Waals surface area contributed by atoms with Crippen LogP contribution in [0.1, 0.15) is 11.1 Å². The monoisotopic (exact) mass is 454 g/mol. The van der Waals surface area contributed by atoms with Crippen molar-refractivity contribution < 1.29 is 0 Å². The molecule has 0 spiro atoms. The van der Waals surface area contributed by atoms with Gasteiger partial charge in [-0.2, -0.15) is 0 Å². The standard InChI is InChI=1S/C22H16BrClN2O2/c1-14-4-2-5-15(10-14)13-25-20-9-8-16(23)11-19(20)21(27)26(22(25)28)18-7-3-6-17(24)12-18/h2-12H,13H2,1H3. The van der Waals surface area contributed by atoms with Crippen LogP contribution in [0.15, 0.2) is 80.8 Å². The molecule has 4 aromatic rings. The van der Waals surface area contributed by atoms with Gasteiger partial charge in [-0.3, -0.25) is 9.36 Å². The fourth-order valence-corrected chi connectivity index (χ4v) is 3.88.